The lowest BCUT2D eigenvalue weighted by Crippen LogP contribution is -2.58. The zero-order chi connectivity index (χ0) is 15.5. The number of nitrogens with two attached hydrogens (primary N) is 1. The Balaban J connectivity index is 1.87. The number of nitrogens with zero attached hydrogens (tertiary/aromatic N) is 4. The Bertz CT molecular complexity index is 548. The van der Waals surface area contributed by atoms with Gasteiger partial charge in [0.1, 0.15) is 5.82 Å². The fraction of sp³-hybridized carbons (Fsp3) is 0.846. The molecule has 2 N–H and O–H groups in total. The van der Waals surface area contributed by atoms with Gasteiger partial charge in [0.2, 0.25) is 5.82 Å². The molecule has 21 heavy (non-hydrogen) atoms. The van der Waals surface area contributed by atoms with Gasteiger partial charge in [-0.1, -0.05) is 6.92 Å². The lowest BCUT2D eigenvalue weighted by atomic mass is 9.81. The summed E-state index contributed by atoms with van der Waals surface area (Å²) in [4.78, 5) is 2.17. The molecule has 1 atom stereocenters. The Hall–Kier alpha value is -1.15. The van der Waals surface area contributed by atoms with Crippen LogP contribution in [0.3, 0.4) is 0 Å². The Morgan fingerprint density at radius 2 is 1.90 bits per heavy atom. The van der Waals surface area contributed by atoms with Crippen molar-refractivity contribution in [3.8, 4) is 0 Å². The highest BCUT2D eigenvalue weighted by Crippen LogP contribution is 2.56. The molecular formula is C13H20F3N5. The summed E-state index contributed by atoms with van der Waals surface area (Å²) in [5.74, 6) is -0.526. The SMILES string of the molecule is CC1(C(C)(CN)N2CCn3c(nnc3C(F)(F)F)C2)CC1. The van der Waals surface area contributed by atoms with E-state index in [9.17, 15) is 13.2 Å². The van der Waals surface area contributed by atoms with E-state index in [2.05, 4.69) is 28.9 Å². The van der Waals surface area contributed by atoms with Crippen LogP contribution < -0.4 is 5.73 Å². The number of fused-ring (bicyclic) bond motifs is 1. The van der Waals surface area contributed by atoms with Crippen LogP contribution in [0.15, 0.2) is 0 Å². The van der Waals surface area contributed by atoms with E-state index < -0.39 is 12.0 Å². The van der Waals surface area contributed by atoms with Crippen LogP contribution in [-0.4, -0.2) is 38.3 Å². The fourth-order valence-corrected chi connectivity index (χ4v) is 3.27. The van der Waals surface area contributed by atoms with E-state index in [0.29, 0.717) is 25.5 Å². The molecule has 0 radical (unpaired) electrons. The van der Waals surface area contributed by atoms with Crippen molar-refractivity contribution in [1.82, 2.24) is 19.7 Å². The maximum absolute atomic E-state index is 12.8. The van der Waals surface area contributed by atoms with E-state index in [0.717, 1.165) is 12.8 Å². The highest BCUT2D eigenvalue weighted by Gasteiger charge is 2.55. The monoisotopic (exact) mass is 303 g/mol. The van der Waals surface area contributed by atoms with E-state index in [1.807, 2.05) is 0 Å². The second kappa shape index (κ2) is 4.42. The molecular weight excluding hydrogens is 283 g/mol. The lowest BCUT2D eigenvalue weighted by molar-refractivity contribution is -0.148. The number of halogens is 3. The van der Waals surface area contributed by atoms with E-state index in [1.165, 1.54) is 4.57 Å². The summed E-state index contributed by atoms with van der Waals surface area (Å²) in [5, 5.41) is 7.05. The van der Waals surface area contributed by atoms with Crippen molar-refractivity contribution in [2.45, 2.75) is 51.5 Å². The number of hydrogen-bond donors (Lipinski definition) is 1. The molecule has 1 aliphatic carbocycles. The van der Waals surface area contributed by atoms with E-state index in [4.69, 9.17) is 5.73 Å². The Morgan fingerprint density at radius 1 is 1.24 bits per heavy atom. The van der Waals surface area contributed by atoms with Crippen LogP contribution in [0.2, 0.25) is 0 Å². The molecule has 0 saturated heterocycles. The maximum Gasteiger partial charge on any atom is 0.451 e. The molecule has 5 nitrogen and oxygen atoms in total. The van der Waals surface area contributed by atoms with Crippen LogP contribution in [-0.2, 0) is 19.3 Å². The third-order valence-corrected chi connectivity index (χ3v) is 5.40. The summed E-state index contributed by atoms with van der Waals surface area (Å²) in [6.07, 6.45) is -2.23. The van der Waals surface area contributed by atoms with Crippen molar-refractivity contribution in [1.29, 1.82) is 0 Å². The standard InChI is InChI=1S/C13H20F3N5/c1-11(3-4-11)12(2,8-17)20-5-6-21-9(7-20)18-19-10(21)13(14,15)16/h3-8,17H2,1-2H3. The third kappa shape index (κ3) is 2.15. The van der Waals surface area contributed by atoms with E-state index in [1.54, 1.807) is 0 Å². The molecule has 1 aromatic heterocycles. The first kappa shape index (κ1) is 14.8. The van der Waals surface area contributed by atoms with Crippen LogP contribution in [0.5, 0.6) is 0 Å². The van der Waals surface area contributed by atoms with Crippen molar-refractivity contribution in [2.75, 3.05) is 13.1 Å². The summed E-state index contributed by atoms with van der Waals surface area (Å²) < 4.78 is 39.7. The Labute approximate surface area is 121 Å². The number of alkyl halides is 3. The van der Waals surface area contributed by atoms with Crippen molar-refractivity contribution < 1.29 is 13.2 Å². The van der Waals surface area contributed by atoms with Gasteiger partial charge in [-0.3, -0.25) is 4.90 Å². The maximum atomic E-state index is 12.8. The molecule has 0 spiro atoms. The summed E-state index contributed by atoms with van der Waals surface area (Å²) in [7, 11) is 0. The van der Waals surface area contributed by atoms with Crippen molar-refractivity contribution in [2.24, 2.45) is 11.1 Å². The highest BCUT2D eigenvalue weighted by atomic mass is 19.4. The molecule has 1 aliphatic heterocycles. The smallest absolute Gasteiger partial charge is 0.329 e. The van der Waals surface area contributed by atoms with Gasteiger partial charge in [-0.25, -0.2) is 0 Å². The molecule has 2 heterocycles. The molecule has 118 valence electrons. The molecule has 8 heteroatoms. The zero-order valence-electron chi connectivity index (χ0n) is 12.2. The number of aromatic nitrogens is 3. The summed E-state index contributed by atoms with van der Waals surface area (Å²) >= 11 is 0. The summed E-state index contributed by atoms with van der Waals surface area (Å²) in [5.41, 5.74) is 5.94. The quantitative estimate of drug-likeness (QED) is 0.922. The minimum atomic E-state index is -4.45. The molecule has 1 fully saturated rings. The first-order valence-electron chi connectivity index (χ1n) is 7.16. The minimum Gasteiger partial charge on any atom is -0.329 e. The van der Waals surface area contributed by atoms with Gasteiger partial charge in [0, 0.05) is 25.2 Å². The van der Waals surface area contributed by atoms with Gasteiger partial charge in [0.25, 0.3) is 0 Å². The van der Waals surface area contributed by atoms with Crippen molar-refractivity contribution >= 4 is 0 Å². The highest BCUT2D eigenvalue weighted by molar-refractivity contribution is 5.12. The summed E-state index contributed by atoms with van der Waals surface area (Å²) in [6.45, 7) is 5.95. The van der Waals surface area contributed by atoms with Gasteiger partial charge in [-0.15, -0.1) is 10.2 Å². The number of rotatable bonds is 3. The van der Waals surface area contributed by atoms with E-state index >= 15 is 0 Å². The van der Waals surface area contributed by atoms with Gasteiger partial charge in [-0.05, 0) is 25.2 Å². The molecule has 0 bridgehead atoms. The second-order valence-corrected chi connectivity index (χ2v) is 6.55. The van der Waals surface area contributed by atoms with Gasteiger partial charge in [0.05, 0.1) is 6.54 Å². The van der Waals surface area contributed by atoms with Crippen LogP contribution in [0, 0.1) is 5.41 Å². The first-order chi connectivity index (χ1) is 9.71. The second-order valence-electron chi connectivity index (χ2n) is 6.55. The molecule has 1 unspecified atom stereocenters. The molecule has 0 amide bonds. The van der Waals surface area contributed by atoms with Crippen LogP contribution >= 0.6 is 0 Å². The summed E-state index contributed by atoms with van der Waals surface area (Å²) in [6, 6.07) is 0. The molecule has 1 aromatic rings. The average molecular weight is 303 g/mol. The van der Waals surface area contributed by atoms with Crippen LogP contribution in [0.25, 0.3) is 0 Å². The van der Waals surface area contributed by atoms with Gasteiger partial charge >= 0.3 is 6.18 Å². The van der Waals surface area contributed by atoms with Gasteiger partial charge in [-0.2, -0.15) is 13.2 Å². The predicted octanol–water partition coefficient (Wildman–Crippen LogP) is 1.63. The normalized spacial score (nSPS) is 24.5. The van der Waals surface area contributed by atoms with Gasteiger partial charge in [0.15, 0.2) is 0 Å². The zero-order valence-corrected chi connectivity index (χ0v) is 12.2. The van der Waals surface area contributed by atoms with Crippen LogP contribution in [0.4, 0.5) is 13.2 Å². The molecule has 3 rings (SSSR count). The van der Waals surface area contributed by atoms with Crippen LogP contribution in [0.1, 0.15) is 38.3 Å². The lowest BCUT2D eigenvalue weighted by Gasteiger charge is -2.47. The molecule has 2 aliphatic rings. The number of hydrogen-bond acceptors (Lipinski definition) is 4. The average Bonchev–Trinajstić information content (AvgIpc) is 3.03. The largest absolute Gasteiger partial charge is 0.451 e. The van der Waals surface area contributed by atoms with Crippen molar-refractivity contribution in [3.63, 3.8) is 0 Å². The Morgan fingerprint density at radius 3 is 2.43 bits per heavy atom. The fourth-order valence-electron chi connectivity index (χ4n) is 3.27. The molecule has 0 aromatic carbocycles. The molecule has 1 saturated carbocycles. The Kier molecular flexibility index (Phi) is 3.11. The topological polar surface area (TPSA) is 60.0 Å². The van der Waals surface area contributed by atoms with Gasteiger partial charge < -0.3 is 10.3 Å². The predicted molar refractivity (Wildman–Crippen MR) is 70.2 cm³/mol. The first-order valence-corrected chi connectivity index (χ1v) is 7.16. The van der Waals surface area contributed by atoms with E-state index in [-0.39, 0.29) is 17.5 Å². The minimum absolute atomic E-state index is 0.150. The third-order valence-electron chi connectivity index (χ3n) is 5.40. The van der Waals surface area contributed by atoms with Crippen molar-refractivity contribution in [3.05, 3.63) is 11.6 Å².